The van der Waals surface area contributed by atoms with Crippen molar-refractivity contribution in [3.05, 3.63) is 48.0 Å². The second kappa shape index (κ2) is 8.10. The normalized spacial score (nSPS) is 14.2. The Morgan fingerprint density at radius 2 is 1.75 bits per heavy atom. The van der Waals surface area contributed by atoms with Gasteiger partial charge in [-0.15, -0.1) is 0 Å². The molecular weight excluding hydrogens is 380 g/mol. The fraction of sp³-hybridized carbons (Fsp3) is 0.350. The summed E-state index contributed by atoms with van der Waals surface area (Å²) in [7, 11) is -3.66. The summed E-state index contributed by atoms with van der Waals surface area (Å²) in [5, 5.41) is 2.76. The van der Waals surface area contributed by atoms with E-state index in [1.807, 2.05) is 19.1 Å². The first kappa shape index (κ1) is 20.0. The van der Waals surface area contributed by atoms with Crippen molar-refractivity contribution in [2.24, 2.45) is 0 Å². The van der Waals surface area contributed by atoms with E-state index in [9.17, 15) is 13.2 Å². The highest BCUT2D eigenvalue weighted by atomic mass is 32.2. The lowest BCUT2D eigenvalue weighted by molar-refractivity contribution is -0.116. The lowest BCUT2D eigenvalue weighted by atomic mass is 10.1. The SMILES string of the molecule is CCc1ccc(N([C@H](C)C(=O)Nc2ccc3c(c2)OCCO3)S(C)(=O)=O)cc1. The number of benzene rings is 2. The molecule has 0 spiro atoms. The quantitative estimate of drug-likeness (QED) is 0.800. The van der Waals surface area contributed by atoms with Crippen LogP contribution >= 0.6 is 0 Å². The lowest BCUT2D eigenvalue weighted by Crippen LogP contribution is -2.45. The van der Waals surface area contributed by atoms with Gasteiger partial charge in [-0.1, -0.05) is 19.1 Å². The smallest absolute Gasteiger partial charge is 0.247 e. The molecule has 1 heterocycles. The van der Waals surface area contributed by atoms with Crippen LogP contribution in [0.5, 0.6) is 11.5 Å². The second-order valence-electron chi connectivity index (χ2n) is 6.60. The van der Waals surface area contributed by atoms with Gasteiger partial charge in [0.1, 0.15) is 19.3 Å². The Labute approximate surface area is 165 Å². The number of hydrogen-bond donors (Lipinski definition) is 1. The number of rotatable bonds is 6. The van der Waals surface area contributed by atoms with E-state index in [1.54, 1.807) is 37.3 Å². The van der Waals surface area contributed by atoms with Crippen molar-refractivity contribution < 1.29 is 22.7 Å². The van der Waals surface area contributed by atoms with Crippen LogP contribution in [0, 0.1) is 0 Å². The van der Waals surface area contributed by atoms with Gasteiger partial charge in [0.2, 0.25) is 15.9 Å². The number of hydrogen-bond acceptors (Lipinski definition) is 5. The molecule has 1 atom stereocenters. The molecule has 0 aliphatic carbocycles. The maximum absolute atomic E-state index is 12.8. The Morgan fingerprint density at radius 3 is 2.36 bits per heavy atom. The van der Waals surface area contributed by atoms with Crippen LogP contribution < -0.4 is 19.1 Å². The van der Waals surface area contributed by atoms with Crippen LogP contribution in [-0.4, -0.2) is 39.8 Å². The number of anilines is 2. The predicted molar refractivity (Wildman–Crippen MR) is 109 cm³/mol. The van der Waals surface area contributed by atoms with E-state index in [4.69, 9.17) is 9.47 Å². The molecule has 2 aromatic carbocycles. The number of ether oxygens (including phenoxy) is 2. The van der Waals surface area contributed by atoms with E-state index < -0.39 is 22.0 Å². The summed E-state index contributed by atoms with van der Waals surface area (Å²) in [6, 6.07) is 11.3. The maximum Gasteiger partial charge on any atom is 0.247 e. The monoisotopic (exact) mass is 404 g/mol. The minimum Gasteiger partial charge on any atom is -0.486 e. The van der Waals surface area contributed by atoms with Crippen molar-refractivity contribution in [1.82, 2.24) is 0 Å². The van der Waals surface area contributed by atoms with Gasteiger partial charge in [-0.3, -0.25) is 9.10 Å². The Morgan fingerprint density at radius 1 is 1.11 bits per heavy atom. The second-order valence-corrected chi connectivity index (χ2v) is 8.46. The van der Waals surface area contributed by atoms with Crippen molar-refractivity contribution in [2.75, 3.05) is 29.1 Å². The Kier molecular flexibility index (Phi) is 5.79. The van der Waals surface area contributed by atoms with Crippen LogP contribution in [0.15, 0.2) is 42.5 Å². The molecule has 0 saturated carbocycles. The lowest BCUT2D eigenvalue weighted by Gasteiger charge is -2.28. The molecule has 0 radical (unpaired) electrons. The van der Waals surface area contributed by atoms with Crippen molar-refractivity contribution in [3.63, 3.8) is 0 Å². The van der Waals surface area contributed by atoms with Gasteiger partial charge in [0.25, 0.3) is 0 Å². The third-order valence-corrected chi connectivity index (χ3v) is 5.74. The third kappa shape index (κ3) is 4.39. The Bertz CT molecular complexity index is 957. The summed E-state index contributed by atoms with van der Waals surface area (Å²) in [5.74, 6) is 0.722. The van der Waals surface area contributed by atoms with Gasteiger partial charge in [0, 0.05) is 11.8 Å². The van der Waals surface area contributed by atoms with Crippen LogP contribution in [0.25, 0.3) is 0 Å². The minimum absolute atomic E-state index is 0.441. The Hall–Kier alpha value is -2.74. The average molecular weight is 404 g/mol. The van der Waals surface area contributed by atoms with E-state index in [1.165, 1.54) is 0 Å². The van der Waals surface area contributed by atoms with Gasteiger partial charge < -0.3 is 14.8 Å². The molecule has 0 unspecified atom stereocenters. The molecule has 0 aromatic heterocycles. The van der Waals surface area contributed by atoms with E-state index in [2.05, 4.69) is 5.32 Å². The maximum atomic E-state index is 12.8. The van der Waals surface area contributed by atoms with Crippen LogP contribution in [0.1, 0.15) is 19.4 Å². The minimum atomic E-state index is -3.66. The molecule has 1 N–H and O–H groups in total. The van der Waals surface area contributed by atoms with Gasteiger partial charge in [0.05, 0.1) is 11.9 Å². The molecule has 0 bridgehead atoms. The fourth-order valence-corrected chi connectivity index (χ4v) is 4.23. The molecule has 2 aromatic rings. The van der Waals surface area contributed by atoms with E-state index in [0.29, 0.717) is 36.1 Å². The predicted octanol–water partition coefficient (Wildman–Crippen LogP) is 2.81. The molecule has 0 fully saturated rings. The summed E-state index contributed by atoms with van der Waals surface area (Å²) in [6.07, 6.45) is 1.94. The zero-order valence-electron chi connectivity index (χ0n) is 16.1. The molecule has 1 aliphatic heterocycles. The number of fused-ring (bicyclic) bond motifs is 1. The van der Waals surface area contributed by atoms with Crippen molar-refractivity contribution in [1.29, 1.82) is 0 Å². The number of carbonyl (C=O) groups is 1. The van der Waals surface area contributed by atoms with Crippen molar-refractivity contribution >= 4 is 27.3 Å². The molecule has 7 nitrogen and oxygen atoms in total. The first-order chi connectivity index (χ1) is 13.3. The standard InChI is InChI=1S/C20H24N2O5S/c1-4-15-5-8-17(9-6-15)22(28(3,24)25)14(2)20(23)21-16-7-10-18-19(13-16)27-12-11-26-18/h5-10,13-14H,4,11-12H2,1-3H3,(H,21,23)/t14-/m1/s1. The third-order valence-electron chi connectivity index (χ3n) is 4.50. The van der Waals surface area contributed by atoms with Crippen LogP contribution in [-0.2, 0) is 21.2 Å². The zero-order chi connectivity index (χ0) is 20.3. The number of amides is 1. The molecular formula is C20H24N2O5S. The topological polar surface area (TPSA) is 84.9 Å². The van der Waals surface area contributed by atoms with Crippen LogP contribution in [0.4, 0.5) is 11.4 Å². The number of sulfonamides is 1. The molecule has 150 valence electrons. The first-order valence-corrected chi connectivity index (χ1v) is 10.9. The summed E-state index contributed by atoms with van der Waals surface area (Å²) < 4.78 is 36.9. The molecule has 28 heavy (non-hydrogen) atoms. The van der Waals surface area contributed by atoms with Crippen LogP contribution in [0.2, 0.25) is 0 Å². The molecule has 1 amide bonds. The largest absolute Gasteiger partial charge is 0.486 e. The van der Waals surface area contributed by atoms with Gasteiger partial charge in [0.15, 0.2) is 11.5 Å². The van der Waals surface area contributed by atoms with E-state index in [0.717, 1.165) is 22.5 Å². The van der Waals surface area contributed by atoms with Crippen molar-refractivity contribution in [2.45, 2.75) is 26.3 Å². The number of carbonyl (C=O) groups excluding carboxylic acids is 1. The summed E-state index contributed by atoms with van der Waals surface area (Å²) >= 11 is 0. The number of aryl methyl sites for hydroxylation is 1. The van der Waals surface area contributed by atoms with Gasteiger partial charge >= 0.3 is 0 Å². The summed E-state index contributed by atoms with van der Waals surface area (Å²) in [4.78, 5) is 12.8. The number of nitrogens with zero attached hydrogens (tertiary/aromatic N) is 1. The van der Waals surface area contributed by atoms with E-state index in [-0.39, 0.29) is 0 Å². The van der Waals surface area contributed by atoms with Crippen molar-refractivity contribution in [3.8, 4) is 11.5 Å². The highest BCUT2D eigenvalue weighted by molar-refractivity contribution is 7.92. The molecule has 8 heteroatoms. The average Bonchev–Trinajstić information content (AvgIpc) is 2.67. The van der Waals surface area contributed by atoms with E-state index >= 15 is 0 Å². The van der Waals surface area contributed by atoms with Crippen LogP contribution in [0.3, 0.4) is 0 Å². The van der Waals surface area contributed by atoms with Gasteiger partial charge in [-0.05, 0) is 43.2 Å². The first-order valence-electron chi connectivity index (χ1n) is 9.08. The highest BCUT2D eigenvalue weighted by Crippen LogP contribution is 2.32. The molecule has 1 aliphatic rings. The molecule has 3 rings (SSSR count). The van der Waals surface area contributed by atoms with Gasteiger partial charge in [-0.2, -0.15) is 0 Å². The fourth-order valence-electron chi connectivity index (χ4n) is 3.06. The highest BCUT2D eigenvalue weighted by Gasteiger charge is 2.29. The Balaban J connectivity index is 1.82. The van der Waals surface area contributed by atoms with Gasteiger partial charge in [-0.25, -0.2) is 8.42 Å². The number of nitrogens with one attached hydrogen (secondary N) is 1. The summed E-state index contributed by atoms with van der Waals surface area (Å²) in [6.45, 7) is 4.50. The summed E-state index contributed by atoms with van der Waals surface area (Å²) in [5.41, 5.74) is 2.05. The molecule has 0 saturated heterocycles. The zero-order valence-corrected chi connectivity index (χ0v) is 17.0.